The summed E-state index contributed by atoms with van der Waals surface area (Å²) in [5.74, 6) is 0.336. The van der Waals surface area contributed by atoms with Gasteiger partial charge in [-0.2, -0.15) is 0 Å². The maximum Gasteiger partial charge on any atom is 0.233 e. The van der Waals surface area contributed by atoms with Gasteiger partial charge in [-0.1, -0.05) is 30.3 Å². The molecule has 1 aromatic rings. The zero-order valence-corrected chi connectivity index (χ0v) is 10.9. The number of nitrogens with zero attached hydrogens (tertiary/aromatic N) is 1. The van der Waals surface area contributed by atoms with Crippen molar-refractivity contribution < 1.29 is 4.79 Å². The van der Waals surface area contributed by atoms with Crippen molar-refractivity contribution >= 4 is 5.91 Å². The standard InChI is InChI=1S/C15H20N2O/c1-2-17(13-10-16-11-13)14(18)15(8-9-15)12-6-4-3-5-7-12/h3-7,13,16H,2,8-11H2,1H3. The van der Waals surface area contributed by atoms with Gasteiger partial charge in [0.1, 0.15) is 0 Å². The molecule has 2 aliphatic rings. The summed E-state index contributed by atoms with van der Waals surface area (Å²) in [6.07, 6.45) is 2.01. The van der Waals surface area contributed by atoms with Crippen molar-refractivity contribution in [2.75, 3.05) is 19.6 Å². The average Bonchev–Trinajstić information content (AvgIpc) is 3.15. The Hall–Kier alpha value is -1.35. The van der Waals surface area contributed by atoms with E-state index in [-0.39, 0.29) is 5.41 Å². The fourth-order valence-corrected chi connectivity index (χ4v) is 2.84. The number of carbonyl (C=O) groups excluding carboxylic acids is 1. The van der Waals surface area contributed by atoms with Gasteiger partial charge >= 0.3 is 0 Å². The van der Waals surface area contributed by atoms with Crippen LogP contribution in [0, 0.1) is 0 Å². The summed E-state index contributed by atoms with van der Waals surface area (Å²) in [5, 5.41) is 3.25. The van der Waals surface area contributed by atoms with Crippen LogP contribution in [0.5, 0.6) is 0 Å². The summed E-state index contributed by atoms with van der Waals surface area (Å²) in [7, 11) is 0. The minimum Gasteiger partial charge on any atom is -0.337 e. The third-order valence-electron chi connectivity index (χ3n) is 4.29. The van der Waals surface area contributed by atoms with Crippen LogP contribution < -0.4 is 5.32 Å². The van der Waals surface area contributed by atoms with E-state index < -0.39 is 0 Å². The molecule has 0 unspecified atom stereocenters. The van der Waals surface area contributed by atoms with Gasteiger partial charge in [0.15, 0.2) is 0 Å². The van der Waals surface area contributed by atoms with Crippen LogP contribution in [0.25, 0.3) is 0 Å². The fraction of sp³-hybridized carbons (Fsp3) is 0.533. The Balaban J connectivity index is 1.83. The summed E-state index contributed by atoms with van der Waals surface area (Å²) >= 11 is 0. The van der Waals surface area contributed by atoms with Crippen LogP contribution in [0.1, 0.15) is 25.3 Å². The van der Waals surface area contributed by atoms with Crippen molar-refractivity contribution in [3.8, 4) is 0 Å². The molecule has 0 bridgehead atoms. The van der Waals surface area contributed by atoms with E-state index in [0.29, 0.717) is 11.9 Å². The average molecular weight is 244 g/mol. The van der Waals surface area contributed by atoms with Gasteiger partial charge in [0.2, 0.25) is 5.91 Å². The molecule has 1 N–H and O–H groups in total. The monoisotopic (exact) mass is 244 g/mol. The third-order valence-corrected chi connectivity index (χ3v) is 4.29. The normalized spacial score (nSPS) is 21.2. The molecule has 1 amide bonds. The van der Waals surface area contributed by atoms with Crippen LogP contribution in [-0.2, 0) is 10.2 Å². The van der Waals surface area contributed by atoms with Gasteiger partial charge in [-0.05, 0) is 25.3 Å². The van der Waals surface area contributed by atoms with Crippen LogP contribution in [-0.4, -0.2) is 36.5 Å². The lowest BCUT2D eigenvalue weighted by atomic mass is 9.93. The molecule has 0 aromatic heterocycles. The molecule has 0 atom stereocenters. The van der Waals surface area contributed by atoms with Crippen LogP contribution in [0.4, 0.5) is 0 Å². The Morgan fingerprint density at radius 1 is 1.33 bits per heavy atom. The Labute approximate surface area is 108 Å². The van der Waals surface area contributed by atoms with Crippen LogP contribution in [0.15, 0.2) is 30.3 Å². The van der Waals surface area contributed by atoms with Gasteiger partial charge in [-0.15, -0.1) is 0 Å². The molecular weight excluding hydrogens is 224 g/mol. The van der Waals surface area contributed by atoms with E-state index in [1.54, 1.807) is 0 Å². The van der Waals surface area contributed by atoms with E-state index in [4.69, 9.17) is 0 Å². The van der Waals surface area contributed by atoms with Gasteiger partial charge in [0.05, 0.1) is 11.5 Å². The summed E-state index contributed by atoms with van der Waals surface area (Å²) < 4.78 is 0. The number of amides is 1. The van der Waals surface area contributed by atoms with E-state index >= 15 is 0 Å². The van der Waals surface area contributed by atoms with Crippen LogP contribution in [0.3, 0.4) is 0 Å². The highest BCUT2D eigenvalue weighted by atomic mass is 16.2. The lowest BCUT2D eigenvalue weighted by molar-refractivity contribution is -0.137. The molecule has 1 saturated carbocycles. The number of carbonyl (C=O) groups is 1. The first-order valence-electron chi connectivity index (χ1n) is 6.85. The van der Waals surface area contributed by atoms with Gasteiger partial charge < -0.3 is 10.2 Å². The fourth-order valence-electron chi connectivity index (χ4n) is 2.84. The Morgan fingerprint density at radius 3 is 2.44 bits per heavy atom. The summed E-state index contributed by atoms with van der Waals surface area (Å²) in [6, 6.07) is 10.7. The predicted octanol–water partition coefficient (Wildman–Crippen LogP) is 1.54. The summed E-state index contributed by atoms with van der Waals surface area (Å²) in [5.41, 5.74) is 0.994. The molecule has 1 saturated heterocycles. The highest BCUT2D eigenvalue weighted by Gasteiger charge is 2.53. The first kappa shape index (κ1) is 11.7. The predicted molar refractivity (Wildman–Crippen MR) is 71.4 cm³/mol. The zero-order chi connectivity index (χ0) is 12.6. The first-order valence-corrected chi connectivity index (χ1v) is 6.85. The number of nitrogens with one attached hydrogen (secondary N) is 1. The smallest absolute Gasteiger partial charge is 0.233 e. The van der Waals surface area contributed by atoms with E-state index in [1.807, 2.05) is 18.2 Å². The van der Waals surface area contributed by atoms with E-state index in [2.05, 4.69) is 29.3 Å². The molecule has 1 aromatic carbocycles. The van der Waals surface area contributed by atoms with E-state index in [1.165, 1.54) is 5.56 Å². The van der Waals surface area contributed by atoms with Gasteiger partial charge in [-0.3, -0.25) is 4.79 Å². The minimum atomic E-state index is -0.202. The number of benzene rings is 1. The molecule has 1 aliphatic heterocycles. The van der Waals surface area contributed by atoms with Gasteiger partial charge in [-0.25, -0.2) is 0 Å². The number of hydrogen-bond acceptors (Lipinski definition) is 2. The zero-order valence-electron chi connectivity index (χ0n) is 10.9. The Bertz CT molecular complexity index is 435. The van der Waals surface area contributed by atoms with Crippen molar-refractivity contribution in [1.82, 2.24) is 10.2 Å². The third kappa shape index (κ3) is 1.74. The maximum atomic E-state index is 12.8. The molecular formula is C15H20N2O. The lowest BCUT2D eigenvalue weighted by Crippen LogP contribution is -2.60. The van der Waals surface area contributed by atoms with Crippen molar-refractivity contribution in [3.05, 3.63) is 35.9 Å². The maximum absolute atomic E-state index is 12.8. The second kappa shape index (κ2) is 4.39. The quantitative estimate of drug-likeness (QED) is 0.871. The van der Waals surface area contributed by atoms with Crippen molar-refractivity contribution in [3.63, 3.8) is 0 Å². The molecule has 1 aliphatic carbocycles. The molecule has 0 spiro atoms. The van der Waals surface area contributed by atoms with Crippen LogP contribution >= 0.6 is 0 Å². The van der Waals surface area contributed by atoms with E-state index in [0.717, 1.165) is 32.5 Å². The molecule has 3 rings (SSSR count). The molecule has 96 valence electrons. The van der Waals surface area contributed by atoms with Gasteiger partial charge in [0, 0.05) is 19.6 Å². The molecule has 1 heterocycles. The number of hydrogen-bond donors (Lipinski definition) is 1. The van der Waals surface area contributed by atoms with Crippen LogP contribution in [0.2, 0.25) is 0 Å². The molecule has 0 radical (unpaired) electrons. The van der Waals surface area contributed by atoms with E-state index in [9.17, 15) is 4.79 Å². The summed E-state index contributed by atoms with van der Waals surface area (Å²) in [4.78, 5) is 14.9. The molecule has 2 fully saturated rings. The second-order valence-corrected chi connectivity index (χ2v) is 5.35. The second-order valence-electron chi connectivity index (χ2n) is 5.35. The van der Waals surface area contributed by atoms with Crippen molar-refractivity contribution in [1.29, 1.82) is 0 Å². The summed E-state index contributed by atoms with van der Waals surface area (Å²) in [6.45, 7) is 4.80. The first-order chi connectivity index (χ1) is 8.78. The number of rotatable bonds is 4. The minimum absolute atomic E-state index is 0.202. The highest BCUT2D eigenvalue weighted by Crippen LogP contribution is 2.49. The van der Waals surface area contributed by atoms with Crippen molar-refractivity contribution in [2.24, 2.45) is 0 Å². The Morgan fingerprint density at radius 2 is 2.00 bits per heavy atom. The molecule has 3 nitrogen and oxygen atoms in total. The Kier molecular flexibility index (Phi) is 2.86. The largest absolute Gasteiger partial charge is 0.337 e. The molecule has 3 heteroatoms. The highest BCUT2D eigenvalue weighted by molar-refractivity contribution is 5.91. The number of likely N-dealkylation sites (N-methyl/N-ethyl adjacent to an activating group) is 1. The topological polar surface area (TPSA) is 32.3 Å². The SMILES string of the molecule is CCN(C(=O)C1(c2ccccc2)CC1)C1CNC1. The molecule has 18 heavy (non-hydrogen) atoms. The lowest BCUT2D eigenvalue weighted by Gasteiger charge is -2.39. The van der Waals surface area contributed by atoms with Gasteiger partial charge in [0.25, 0.3) is 0 Å². The van der Waals surface area contributed by atoms with Crippen molar-refractivity contribution in [2.45, 2.75) is 31.2 Å².